The molecule has 4 N–H and O–H groups in total. The molecular weight excluding hydrogens is 330 g/mol. The maximum absolute atomic E-state index is 11.7. The molecule has 2 atom stereocenters. The number of halogens is 1. The molecule has 1 saturated carbocycles. The van der Waals surface area contributed by atoms with Crippen molar-refractivity contribution < 1.29 is 14.3 Å². The summed E-state index contributed by atoms with van der Waals surface area (Å²) in [4.78, 5) is 23.3. The lowest BCUT2D eigenvalue weighted by molar-refractivity contribution is -0.123. The quantitative estimate of drug-likeness (QED) is 0.661. The van der Waals surface area contributed by atoms with E-state index in [0.29, 0.717) is 18.2 Å². The minimum atomic E-state index is -0.153. The molecule has 1 aliphatic carbocycles. The largest absolute Gasteiger partial charge is 0.484 e. The van der Waals surface area contributed by atoms with Crippen LogP contribution in [0.5, 0.6) is 5.75 Å². The Morgan fingerprint density at radius 1 is 1.21 bits per heavy atom. The summed E-state index contributed by atoms with van der Waals surface area (Å²) in [6.45, 7) is 3.74. The number of nitrogens with two attached hydrogens (primary N) is 1. The van der Waals surface area contributed by atoms with Crippen LogP contribution in [0.15, 0.2) is 24.3 Å². The van der Waals surface area contributed by atoms with Crippen LogP contribution in [0.4, 0.5) is 0 Å². The van der Waals surface area contributed by atoms with Crippen molar-refractivity contribution in [2.75, 3.05) is 6.61 Å². The molecule has 0 aromatic heterocycles. The first-order chi connectivity index (χ1) is 10.9. The van der Waals surface area contributed by atoms with Gasteiger partial charge in [-0.2, -0.15) is 0 Å². The van der Waals surface area contributed by atoms with Gasteiger partial charge in [0.1, 0.15) is 5.75 Å². The van der Waals surface area contributed by atoms with Gasteiger partial charge in [0.25, 0.3) is 5.91 Å². The molecule has 2 unspecified atom stereocenters. The molecule has 7 heteroatoms. The summed E-state index contributed by atoms with van der Waals surface area (Å²) in [5.41, 5.74) is 6.58. The van der Waals surface area contributed by atoms with Crippen molar-refractivity contribution in [2.45, 2.75) is 51.2 Å². The summed E-state index contributed by atoms with van der Waals surface area (Å²) < 4.78 is 5.45. The molecular formula is C17H26ClN3O3. The number of amides is 2. The third-order valence-electron chi connectivity index (χ3n) is 3.58. The van der Waals surface area contributed by atoms with E-state index in [0.717, 1.165) is 18.4 Å². The molecule has 6 nitrogen and oxygen atoms in total. The highest BCUT2D eigenvalue weighted by atomic mass is 35.5. The van der Waals surface area contributed by atoms with Gasteiger partial charge in [0.2, 0.25) is 5.91 Å². The Bertz CT molecular complexity index is 545. The number of rotatable bonds is 8. The Morgan fingerprint density at radius 3 is 2.38 bits per heavy atom. The molecule has 0 spiro atoms. The average Bonchev–Trinajstić information content (AvgIpc) is 3.28. The van der Waals surface area contributed by atoms with E-state index >= 15 is 0 Å². The van der Waals surface area contributed by atoms with E-state index in [1.807, 2.05) is 19.1 Å². The van der Waals surface area contributed by atoms with E-state index in [1.165, 1.54) is 0 Å². The molecule has 1 aromatic carbocycles. The fraction of sp³-hybridized carbons (Fsp3) is 0.529. The highest BCUT2D eigenvalue weighted by Gasteiger charge is 2.23. The number of hydrogen-bond acceptors (Lipinski definition) is 4. The molecule has 2 amide bonds. The minimum absolute atomic E-state index is 0. The lowest BCUT2D eigenvalue weighted by atomic mass is 10.1. The fourth-order valence-corrected chi connectivity index (χ4v) is 2.17. The van der Waals surface area contributed by atoms with Crippen LogP contribution in [0.2, 0.25) is 0 Å². The van der Waals surface area contributed by atoms with E-state index < -0.39 is 0 Å². The Hall–Kier alpha value is -1.79. The second-order valence-corrected chi connectivity index (χ2v) is 6.17. The zero-order valence-corrected chi connectivity index (χ0v) is 14.9. The highest BCUT2D eigenvalue weighted by molar-refractivity contribution is 5.85. The molecule has 0 radical (unpaired) electrons. The van der Waals surface area contributed by atoms with Crippen molar-refractivity contribution in [3.8, 4) is 5.75 Å². The fourth-order valence-electron chi connectivity index (χ4n) is 2.17. The van der Waals surface area contributed by atoms with Crippen LogP contribution < -0.4 is 21.1 Å². The predicted molar refractivity (Wildman–Crippen MR) is 95.2 cm³/mol. The van der Waals surface area contributed by atoms with Crippen LogP contribution >= 0.6 is 12.4 Å². The van der Waals surface area contributed by atoms with Crippen LogP contribution in [-0.4, -0.2) is 30.5 Å². The van der Waals surface area contributed by atoms with Crippen molar-refractivity contribution in [1.29, 1.82) is 0 Å². The van der Waals surface area contributed by atoms with Crippen molar-refractivity contribution in [2.24, 2.45) is 5.73 Å². The number of hydrogen-bond donors (Lipinski definition) is 3. The number of ether oxygens (including phenoxy) is 1. The van der Waals surface area contributed by atoms with Gasteiger partial charge in [0, 0.05) is 18.5 Å². The molecule has 1 aliphatic rings. The van der Waals surface area contributed by atoms with Crippen LogP contribution in [0, 0.1) is 0 Å². The van der Waals surface area contributed by atoms with Gasteiger partial charge in [0.05, 0.1) is 6.04 Å². The van der Waals surface area contributed by atoms with E-state index in [1.54, 1.807) is 19.1 Å². The lowest BCUT2D eigenvalue weighted by Crippen LogP contribution is -2.31. The van der Waals surface area contributed by atoms with E-state index in [-0.39, 0.29) is 42.9 Å². The van der Waals surface area contributed by atoms with Crippen LogP contribution in [0.1, 0.15) is 44.7 Å². The second-order valence-electron chi connectivity index (χ2n) is 6.17. The maximum atomic E-state index is 11.7. The monoisotopic (exact) mass is 355 g/mol. The number of carbonyl (C=O) groups excluding carboxylic acids is 2. The van der Waals surface area contributed by atoms with E-state index in [9.17, 15) is 9.59 Å². The summed E-state index contributed by atoms with van der Waals surface area (Å²) in [7, 11) is 0. The van der Waals surface area contributed by atoms with E-state index in [4.69, 9.17) is 10.5 Å². The van der Waals surface area contributed by atoms with Gasteiger partial charge in [-0.25, -0.2) is 0 Å². The molecule has 0 aliphatic heterocycles. The molecule has 134 valence electrons. The van der Waals surface area contributed by atoms with Crippen molar-refractivity contribution in [3.05, 3.63) is 29.8 Å². The Balaban J connectivity index is 0.00000288. The third kappa shape index (κ3) is 7.19. The van der Waals surface area contributed by atoms with Gasteiger partial charge in [-0.05, 0) is 44.4 Å². The Labute approximate surface area is 148 Å². The predicted octanol–water partition coefficient (Wildman–Crippen LogP) is 1.68. The molecule has 1 aromatic rings. The molecule has 0 heterocycles. The van der Waals surface area contributed by atoms with Crippen LogP contribution in [0.3, 0.4) is 0 Å². The summed E-state index contributed by atoms with van der Waals surface area (Å²) >= 11 is 0. The summed E-state index contributed by atoms with van der Waals surface area (Å²) in [5, 5.41) is 5.77. The first kappa shape index (κ1) is 20.3. The van der Waals surface area contributed by atoms with Gasteiger partial charge in [-0.3, -0.25) is 9.59 Å². The summed E-state index contributed by atoms with van der Waals surface area (Å²) in [6.07, 6.45) is 2.43. The topological polar surface area (TPSA) is 93.5 Å². The molecule has 24 heavy (non-hydrogen) atoms. The first-order valence-electron chi connectivity index (χ1n) is 8.01. The lowest BCUT2D eigenvalue weighted by Gasteiger charge is -2.16. The summed E-state index contributed by atoms with van der Waals surface area (Å²) in [5.74, 6) is 0.478. The standard InChI is InChI=1S/C17H25N3O3.ClH/c1-11(18)9-16(21)19-12(2)13-3-7-15(8-4-13)23-10-17(22)20-14-5-6-14;/h3-4,7-8,11-12,14H,5-6,9-10,18H2,1-2H3,(H,19,21)(H,20,22);1H. The Morgan fingerprint density at radius 2 is 1.83 bits per heavy atom. The normalized spacial score (nSPS) is 15.6. The van der Waals surface area contributed by atoms with Gasteiger partial charge in [-0.1, -0.05) is 12.1 Å². The van der Waals surface area contributed by atoms with Crippen LogP contribution in [-0.2, 0) is 9.59 Å². The molecule has 0 saturated heterocycles. The highest BCUT2D eigenvalue weighted by Crippen LogP contribution is 2.19. The number of nitrogens with one attached hydrogen (secondary N) is 2. The maximum Gasteiger partial charge on any atom is 0.258 e. The second kappa shape index (κ2) is 9.49. The zero-order chi connectivity index (χ0) is 16.8. The zero-order valence-electron chi connectivity index (χ0n) is 14.1. The SMILES string of the molecule is CC(N)CC(=O)NC(C)c1ccc(OCC(=O)NC2CC2)cc1.Cl. The molecule has 0 bridgehead atoms. The molecule has 1 fully saturated rings. The van der Waals surface area contributed by atoms with Crippen LogP contribution in [0.25, 0.3) is 0 Å². The van der Waals surface area contributed by atoms with Crippen molar-refractivity contribution in [1.82, 2.24) is 10.6 Å². The van der Waals surface area contributed by atoms with Gasteiger partial charge in [0.15, 0.2) is 6.61 Å². The van der Waals surface area contributed by atoms with E-state index in [2.05, 4.69) is 10.6 Å². The van der Waals surface area contributed by atoms with Crippen molar-refractivity contribution >= 4 is 24.2 Å². The van der Waals surface area contributed by atoms with Gasteiger partial charge in [-0.15, -0.1) is 12.4 Å². The third-order valence-corrected chi connectivity index (χ3v) is 3.58. The van der Waals surface area contributed by atoms with Gasteiger partial charge < -0.3 is 21.1 Å². The molecule has 2 rings (SSSR count). The number of carbonyl (C=O) groups is 2. The van der Waals surface area contributed by atoms with Gasteiger partial charge >= 0.3 is 0 Å². The van der Waals surface area contributed by atoms with Crippen molar-refractivity contribution in [3.63, 3.8) is 0 Å². The first-order valence-corrected chi connectivity index (χ1v) is 8.01. The minimum Gasteiger partial charge on any atom is -0.484 e. The smallest absolute Gasteiger partial charge is 0.258 e. The number of benzene rings is 1. The summed E-state index contributed by atoms with van der Waals surface area (Å²) in [6, 6.07) is 7.44. The Kier molecular flexibility index (Phi) is 8.01. The average molecular weight is 356 g/mol.